The van der Waals surface area contributed by atoms with Crippen LogP contribution in [0.3, 0.4) is 0 Å². The van der Waals surface area contributed by atoms with Crippen LogP contribution in [0.5, 0.6) is 0 Å². The Morgan fingerprint density at radius 1 is 1.08 bits per heavy atom. The highest BCUT2D eigenvalue weighted by molar-refractivity contribution is 7.89. The first-order valence-electron chi connectivity index (χ1n) is 8.11. The van der Waals surface area contributed by atoms with Crippen LogP contribution in [0.15, 0.2) is 59.5 Å². The number of ether oxygens (including phenoxy) is 1. The Labute approximate surface area is 149 Å². The first-order valence-corrected chi connectivity index (χ1v) is 9.55. The minimum atomic E-state index is -3.66. The van der Waals surface area contributed by atoms with E-state index in [-0.39, 0.29) is 29.7 Å². The van der Waals surface area contributed by atoms with E-state index in [2.05, 4.69) is 5.92 Å². The van der Waals surface area contributed by atoms with Crippen LogP contribution in [0.4, 0.5) is 0 Å². The summed E-state index contributed by atoms with van der Waals surface area (Å²) in [6, 6.07) is 16.7. The predicted octanol–water partition coefficient (Wildman–Crippen LogP) is 3.15. The SMILES string of the molecule is C#CCN(CC1OC1(C)C)S(=O)(=O)c1ccc(-c2ccccc2)cc1. The third-order valence-corrected chi connectivity index (χ3v) is 6.23. The molecule has 130 valence electrons. The second kappa shape index (κ2) is 6.64. The number of rotatable bonds is 6. The molecule has 1 saturated heterocycles. The van der Waals surface area contributed by atoms with Gasteiger partial charge in [0.05, 0.1) is 17.0 Å². The predicted molar refractivity (Wildman–Crippen MR) is 98.4 cm³/mol. The van der Waals surface area contributed by atoms with E-state index in [9.17, 15) is 8.42 Å². The first kappa shape index (κ1) is 17.7. The van der Waals surface area contributed by atoms with E-state index >= 15 is 0 Å². The minimum absolute atomic E-state index is 0.0265. The Morgan fingerprint density at radius 3 is 2.16 bits per heavy atom. The van der Waals surface area contributed by atoms with Gasteiger partial charge in [0, 0.05) is 6.54 Å². The van der Waals surface area contributed by atoms with Crippen molar-refractivity contribution in [3.8, 4) is 23.5 Å². The van der Waals surface area contributed by atoms with Crippen LogP contribution in [0, 0.1) is 12.3 Å². The Kier molecular flexibility index (Phi) is 4.70. The first-order chi connectivity index (χ1) is 11.8. The monoisotopic (exact) mass is 355 g/mol. The molecular formula is C20H21NO3S. The number of hydrogen-bond acceptors (Lipinski definition) is 3. The summed E-state index contributed by atoms with van der Waals surface area (Å²) in [6.07, 6.45) is 5.25. The minimum Gasteiger partial charge on any atom is -0.365 e. The van der Waals surface area contributed by atoms with Crippen LogP contribution < -0.4 is 0 Å². The van der Waals surface area contributed by atoms with Crippen molar-refractivity contribution < 1.29 is 13.2 Å². The lowest BCUT2D eigenvalue weighted by Gasteiger charge is -2.19. The van der Waals surface area contributed by atoms with Gasteiger partial charge >= 0.3 is 0 Å². The van der Waals surface area contributed by atoms with Crippen molar-refractivity contribution in [2.24, 2.45) is 0 Å². The average molecular weight is 355 g/mol. The van der Waals surface area contributed by atoms with E-state index in [1.807, 2.05) is 56.3 Å². The van der Waals surface area contributed by atoms with Crippen LogP contribution in [-0.2, 0) is 14.8 Å². The maximum Gasteiger partial charge on any atom is 0.244 e. The Bertz CT molecular complexity index is 881. The zero-order chi connectivity index (χ0) is 18.1. The molecule has 1 fully saturated rings. The van der Waals surface area contributed by atoms with E-state index < -0.39 is 10.0 Å². The van der Waals surface area contributed by atoms with Crippen molar-refractivity contribution in [3.63, 3.8) is 0 Å². The molecule has 1 aliphatic rings. The molecule has 0 amide bonds. The van der Waals surface area contributed by atoms with Gasteiger partial charge in [0.25, 0.3) is 0 Å². The molecule has 0 radical (unpaired) electrons. The fourth-order valence-corrected chi connectivity index (χ4v) is 4.08. The lowest BCUT2D eigenvalue weighted by molar-refractivity contribution is 0.306. The zero-order valence-electron chi connectivity index (χ0n) is 14.3. The Hall–Kier alpha value is -2.13. The van der Waals surface area contributed by atoms with Crippen molar-refractivity contribution in [2.75, 3.05) is 13.1 Å². The van der Waals surface area contributed by atoms with E-state index in [4.69, 9.17) is 11.2 Å². The summed E-state index contributed by atoms with van der Waals surface area (Å²) in [4.78, 5) is 0.237. The summed E-state index contributed by atoms with van der Waals surface area (Å²) < 4.78 is 32.7. The second-order valence-corrected chi connectivity index (χ2v) is 8.54. The summed E-state index contributed by atoms with van der Waals surface area (Å²) in [5, 5.41) is 0. The molecule has 1 unspecified atom stereocenters. The molecule has 2 aromatic rings. The van der Waals surface area contributed by atoms with Crippen LogP contribution in [0.1, 0.15) is 13.8 Å². The van der Waals surface area contributed by atoms with E-state index in [0.29, 0.717) is 0 Å². The quantitative estimate of drug-likeness (QED) is 0.591. The lowest BCUT2D eigenvalue weighted by Crippen LogP contribution is -2.35. The highest BCUT2D eigenvalue weighted by atomic mass is 32.2. The number of nitrogens with zero attached hydrogens (tertiary/aromatic N) is 1. The van der Waals surface area contributed by atoms with Crippen molar-refractivity contribution in [2.45, 2.75) is 30.4 Å². The molecule has 3 rings (SSSR count). The smallest absolute Gasteiger partial charge is 0.244 e. The van der Waals surface area contributed by atoms with Crippen molar-refractivity contribution >= 4 is 10.0 Å². The van der Waals surface area contributed by atoms with Crippen molar-refractivity contribution in [1.82, 2.24) is 4.31 Å². The zero-order valence-corrected chi connectivity index (χ0v) is 15.2. The van der Waals surface area contributed by atoms with Gasteiger partial charge in [-0.1, -0.05) is 48.4 Å². The third kappa shape index (κ3) is 3.77. The molecule has 25 heavy (non-hydrogen) atoms. The number of terminal acetylenes is 1. The fourth-order valence-electron chi connectivity index (χ4n) is 2.72. The average Bonchev–Trinajstić information content (AvgIpc) is 3.21. The maximum atomic E-state index is 12.9. The number of hydrogen-bond donors (Lipinski definition) is 0. The summed E-state index contributed by atoms with van der Waals surface area (Å²) >= 11 is 0. The van der Waals surface area contributed by atoms with Gasteiger partial charge in [0.15, 0.2) is 0 Å². The van der Waals surface area contributed by atoms with Crippen LogP contribution in [-0.4, -0.2) is 37.5 Å². The topological polar surface area (TPSA) is 49.9 Å². The molecule has 0 bridgehead atoms. The summed E-state index contributed by atoms with van der Waals surface area (Å²) in [5.74, 6) is 2.43. The maximum absolute atomic E-state index is 12.9. The molecule has 2 aromatic carbocycles. The van der Waals surface area contributed by atoms with E-state index in [0.717, 1.165) is 11.1 Å². The molecule has 0 aliphatic carbocycles. The van der Waals surface area contributed by atoms with Gasteiger partial charge in [-0.3, -0.25) is 0 Å². The number of sulfonamides is 1. The van der Waals surface area contributed by atoms with Crippen LogP contribution in [0.2, 0.25) is 0 Å². The highest BCUT2D eigenvalue weighted by Gasteiger charge is 2.49. The molecule has 1 atom stereocenters. The van der Waals surface area contributed by atoms with Gasteiger partial charge in [0.1, 0.15) is 6.10 Å². The Morgan fingerprint density at radius 2 is 1.64 bits per heavy atom. The molecule has 0 aromatic heterocycles. The molecule has 0 spiro atoms. The third-order valence-electron chi connectivity index (χ3n) is 4.40. The van der Waals surface area contributed by atoms with Gasteiger partial charge in [-0.2, -0.15) is 4.31 Å². The molecule has 4 nitrogen and oxygen atoms in total. The highest BCUT2D eigenvalue weighted by Crippen LogP contribution is 2.36. The van der Waals surface area contributed by atoms with E-state index in [1.165, 1.54) is 4.31 Å². The largest absolute Gasteiger partial charge is 0.365 e. The Balaban J connectivity index is 1.84. The molecule has 0 N–H and O–H groups in total. The van der Waals surface area contributed by atoms with Gasteiger partial charge in [-0.05, 0) is 37.1 Å². The summed E-state index contributed by atoms with van der Waals surface area (Å²) in [6.45, 7) is 4.17. The molecule has 1 aliphatic heterocycles. The normalized spacial score (nSPS) is 18.7. The lowest BCUT2D eigenvalue weighted by atomic mass is 10.1. The van der Waals surface area contributed by atoms with Gasteiger partial charge in [-0.15, -0.1) is 6.42 Å². The standard InChI is InChI=1S/C20H21NO3S/c1-4-14-21(15-19-20(2,3)24-19)25(22,23)18-12-10-17(11-13-18)16-8-6-5-7-9-16/h1,5-13,19H,14-15H2,2-3H3. The van der Waals surface area contributed by atoms with Crippen molar-refractivity contribution in [1.29, 1.82) is 0 Å². The molecular weight excluding hydrogens is 334 g/mol. The van der Waals surface area contributed by atoms with Gasteiger partial charge in [-0.25, -0.2) is 8.42 Å². The summed E-state index contributed by atoms with van der Waals surface area (Å²) in [5.41, 5.74) is 1.72. The number of benzene rings is 2. The fraction of sp³-hybridized carbons (Fsp3) is 0.300. The molecule has 5 heteroatoms. The number of epoxide rings is 1. The molecule has 0 saturated carbocycles. The van der Waals surface area contributed by atoms with Gasteiger partial charge in [0.2, 0.25) is 10.0 Å². The van der Waals surface area contributed by atoms with E-state index in [1.54, 1.807) is 12.1 Å². The van der Waals surface area contributed by atoms with Crippen LogP contribution >= 0.6 is 0 Å². The van der Waals surface area contributed by atoms with Crippen molar-refractivity contribution in [3.05, 3.63) is 54.6 Å². The molecule has 1 heterocycles. The van der Waals surface area contributed by atoms with Gasteiger partial charge < -0.3 is 4.74 Å². The summed E-state index contributed by atoms with van der Waals surface area (Å²) in [7, 11) is -3.66. The van der Waals surface area contributed by atoms with Crippen LogP contribution in [0.25, 0.3) is 11.1 Å². The second-order valence-electron chi connectivity index (χ2n) is 6.60.